The van der Waals surface area contributed by atoms with Crippen LogP contribution >= 0.6 is 15.9 Å². The predicted molar refractivity (Wildman–Crippen MR) is 65.2 cm³/mol. The number of nitrogens with one attached hydrogen (secondary N) is 2. The molecular formula is C11H18BrN3. The van der Waals surface area contributed by atoms with E-state index in [4.69, 9.17) is 0 Å². The maximum absolute atomic E-state index is 4.39. The highest BCUT2D eigenvalue weighted by atomic mass is 79.9. The van der Waals surface area contributed by atoms with E-state index in [0.29, 0.717) is 11.8 Å². The van der Waals surface area contributed by atoms with Gasteiger partial charge in [-0.3, -0.25) is 5.10 Å². The number of halogens is 1. The summed E-state index contributed by atoms with van der Waals surface area (Å²) in [6, 6.07) is 0. The molecule has 1 fully saturated rings. The summed E-state index contributed by atoms with van der Waals surface area (Å²) in [5.41, 5.74) is 2.42. The fourth-order valence-corrected chi connectivity index (χ4v) is 3.07. The number of aromatic amines is 1. The Labute approximate surface area is 99.2 Å². The van der Waals surface area contributed by atoms with Crippen molar-refractivity contribution in [2.24, 2.45) is 0 Å². The second-order valence-corrected chi connectivity index (χ2v) is 5.33. The normalized spacial score (nSPS) is 22.3. The zero-order valence-corrected chi connectivity index (χ0v) is 10.9. The van der Waals surface area contributed by atoms with E-state index < -0.39 is 0 Å². The number of aromatic nitrogens is 2. The summed E-state index contributed by atoms with van der Waals surface area (Å²) >= 11 is 3.67. The zero-order valence-electron chi connectivity index (χ0n) is 9.31. The van der Waals surface area contributed by atoms with E-state index in [9.17, 15) is 0 Å². The third kappa shape index (κ3) is 2.26. The lowest BCUT2D eigenvalue weighted by atomic mass is 9.95. The van der Waals surface area contributed by atoms with Crippen LogP contribution in [0.15, 0.2) is 4.47 Å². The molecule has 84 valence electrons. The Morgan fingerprint density at radius 3 is 2.80 bits per heavy atom. The molecule has 1 aliphatic heterocycles. The summed E-state index contributed by atoms with van der Waals surface area (Å²) in [6.07, 6.45) is 2.51. The Hall–Kier alpha value is -0.350. The third-order valence-electron chi connectivity index (χ3n) is 3.01. The summed E-state index contributed by atoms with van der Waals surface area (Å²) in [7, 11) is 0. The summed E-state index contributed by atoms with van der Waals surface area (Å²) in [4.78, 5) is 0. The number of piperidine rings is 1. The highest BCUT2D eigenvalue weighted by Crippen LogP contribution is 2.32. The van der Waals surface area contributed by atoms with Crippen LogP contribution in [0.5, 0.6) is 0 Å². The van der Waals surface area contributed by atoms with Gasteiger partial charge in [-0.2, -0.15) is 5.10 Å². The molecule has 0 radical (unpaired) electrons. The average Bonchev–Trinajstić information content (AvgIpc) is 2.61. The van der Waals surface area contributed by atoms with Crippen molar-refractivity contribution in [2.75, 3.05) is 13.1 Å². The molecule has 1 unspecified atom stereocenters. The van der Waals surface area contributed by atoms with Crippen LogP contribution in [0.2, 0.25) is 0 Å². The molecule has 0 amide bonds. The van der Waals surface area contributed by atoms with Gasteiger partial charge in [0.2, 0.25) is 0 Å². The Morgan fingerprint density at radius 1 is 1.47 bits per heavy atom. The largest absolute Gasteiger partial charge is 0.316 e. The molecule has 1 atom stereocenters. The van der Waals surface area contributed by atoms with E-state index in [0.717, 1.165) is 18.8 Å². The van der Waals surface area contributed by atoms with Crippen molar-refractivity contribution >= 4 is 15.9 Å². The first-order valence-electron chi connectivity index (χ1n) is 5.64. The van der Waals surface area contributed by atoms with Gasteiger partial charge in [-0.15, -0.1) is 0 Å². The van der Waals surface area contributed by atoms with Gasteiger partial charge < -0.3 is 5.32 Å². The van der Waals surface area contributed by atoms with E-state index in [-0.39, 0.29) is 0 Å². The van der Waals surface area contributed by atoms with Gasteiger partial charge in [-0.05, 0) is 41.2 Å². The maximum atomic E-state index is 4.39. The van der Waals surface area contributed by atoms with E-state index in [1.54, 1.807) is 0 Å². The Kier molecular flexibility index (Phi) is 3.46. The number of rotatable bonds is 2. The molecule has 1 aliphatic rings. The van der Waals surface area contributed by atoms with Crippen LogP contribution < -0.4 is 5.32 Å². The van der Waals surface area contributed by atoms with Crippen LogP contribution in [0, 0.1) is 0 Å². The summed E-state index contributed by atoms with van der Waals surface area (Å²) in [6.45, 7) is 6.56. The highest BCUT2D eigenvalue weighted by Gasteiger charge is 2.22. The molecule has 0 bridgehead atoms. The van der Waals surface area contributed by atoms with E-state index in [2.05, 4.69) is 45.3 Å². The molecule has 1 saturated heterocycles. The third-order valence-corrected chi connectivity index (χ3v) is 3.84. The van der Waals surface area contributed by atoms with Gasteiger partial charge in [0, 0.05) is 12.5 Å². The minimum absolute atomic E-state index is 0.473. The van der Waals surface area contributed by atoms with E-state index >= 15 is 0 Å². The van der Waals surface area contributed by atoms with Crippen LogP contribution in [0.25, 0.3) is 0 Å². The number of hydrogen-bond donors (Lipinski definition) is 2. The van der Waals surface area contributed by atoms with Gasteiger partial charge in [0.05, 0.1) is 15.9 Å². The molecule has 15 heavy (non-hydrogen) atoms. The van der Waals surface area contributed by atoms with Gasteiger partial charge in [0.1, 0.15) is 0 Å². The second kappa shape index (κ2) is 4.66. The van der Waals surface area contributed by atoms with Crippen LogP contribution in [-0.2, 0) is 0 Å². The zero-order chi connectivity index (χ0) is 10.8. The summed E-state index contributed by atoms with van der Waals surface area (Å²) in [5, 5.41) is 11.0. The fraction of sp³-hybridized carbons (Fsp3) is 0.727. The van der Waals surface area contributed by atoms with Crippen molar-refractivity contribution in [2.45, 2.75) is 38.5 Å². The Balaban J connectivity index is 2.20. The molecule has 0 aromatic carbocycles. The van der Waals surface area contributed by atoms with Gasteiger partial charge in [-0.25, -0.2) is 0 Å². The molecular weight excluding hydrogens is 254 g/mol. The molecule has 2 rings (SSSR count). The standard InChI is InChI=1S/C11H18BrN3/c1-7(2)10-9(12)11(15-14-10)8-4-3-5-13-6-8/h7-8,13H,3-6H2,1-2H3,(H,14,15). The molecule has 1 aromatic heterocycles. The maximum Gasteiger partial charge on any atom is 0.0792 e. The predicted octanol–water partition coefficient (Wildman–Crippen LogP) is 2.76. The highest BCUT2D eigenvalue weighted by molar-refractivity contribution is 9.10. The molecule has 1 aromatic rings. The minimum Gasteiger partial charge on any atom is -0.316 e. The first-order chi connectivity index (χ1) is 7.20. The Bertz CT molecular complexity index is 327. The van der Waals surface area contributed by atoms with Gasteiger partial charge in [-0.1, -0.05) is 13.8 Å². The van der Waals surface area contributed by atoms with Crippen molar-refractivity contribution in [1.82, 2.24) is 15.5 Å². The quantitative estimate of drug-likeness (QED) is 0.869. The topological polar surface area (TPSA) is 40.7 Å². The molecule has 2 N–H and O–H groups in total. The van der Waals surface area contributed by atoms with Crippen molar-refractivity contribution in [3.8, 4) is 0 Å². The van der Waals surface area contributed by atoms with Crippen LogP contribution in [0.3, 0.4) is 0 Å². The average molecular weight is 272 g/mol. The van der Waals surface area contributed by atoms with Crippen LogP contribution in [-0.4, -0.2) is 23.3 Å². The smallest absolute Gasteiger partial charge is 0.0792 e. The molecule has 2 heterocycles. The molecule has 3 nitrogen and oxygen atoms in total. The van der Waals surface area contributed by atoms with E-state index in [1.165, 1.54) is 23.0 Å². The number of H-pyrrole nitrogens is 1. The Morgan fingerprint density at radius 2 is 2.27 bits per heavy atom. The van der Waals surface area contributed by atoms with Gasteiger partial charge >= 0.3 is 0 Å². The molecule has 4 heteroatoms. The first kappa shape index (κ1) is 11.1. The van der Waals surface area contributed by atoms with Crippen LogP contribution in [0.1, 0.15) is 49.9 Å². The monoisotopic (exact) mass is 271 g/mol. The summed E-state index contributed by atoms with van der Waals surface area (Å²) < 4.78 is 1.19. The number of nitrogens with zero attached hydrogens (tertiary/aromatic N) is 1. The van der Waals surface area contributed by atoms with Gasteiger partial charge in [0.25, 0.3) is 0 Å². The number of hydrogen-bond acceptors (Lipinski definition) is 2. The van der Waals surface area contributed by atoms with Gasteiger partial charge in [0.15, 0.2) is 0 Å². The van der Waals surface area contributed by atoms with Crippen molar-refractivity contribution < 1.29 is 0 Å². The molecule has 0 saturated carbocycles. The fourth-order valence-electron chi connectivity index (χ4n) is 2.11. The lowest BCUT2D eigenvalue weighted by Crippen LogP contribution is -2.28. The van der Waals surface area contributed by atoms with Crippen molar-refractivity contribution in [3.63, 3.8) is 0 Å². The van der Waals surface area contributed by atoms with Crippen LogP contribution in [0.4, 0.5) is 0 Å². The second-order valence-electron chi connectivity index (χ2n) is 4.53. The van der Waals surface area contributed by atoms with Crippen molar-refractivity contribution in [1.29, 1.82) is 0 Å². The van der Waals surface area contributed by atoms with Crippen molar-refractivity contribution in [3.05, 3.63) is 15.9 Å². The van der Waals surface area contributed by atoms with E-state index in [1.807, 2.05) is 0 Å². The minimum atomic E-state index is 0.473. The first-order valence-corrected chi connectivity index (χ1v) is 6.43. The lowest BCUT2D eigenvalue weighted by Gasteiger charge is -2.21. The lowest BCUT2D eigenvalue weighted by molar-refractivity contribution is 0.453. The molecule has 0 spiro atoms. The SMILES string of the molecule is CC(C)c1n[nH]c(C2CCCNC2)c1Br. The summed E-state index contributed by atoms with van der Waals surface area (Å²) in [5.74, 6) is 1.06. The molecule has 0 aliphatic carbocycles.